The van der Waals surface area contributed by atoms with Crippen molar-refractivity contribution in [3.8, 4) is 17.7 Å². The third-order valence-corrected chi connectivity index (χ3v) is 3.28. The van der Waals surface area contributed by atoms with Crippen LogP contribution in [0.15, 0.2) is 35.4 Å². The second kappa shape index (κ2) is 9.15. The number of amides is 1. The van der Waals surface area contributed by atoms with Gasteiger partial charge in [0.25, 0.3) is 5.91 Å². The predicted molar refractivity (Wildman–Crippen MR) is 93.7 cm³/mol. The molecule has 8 heteroatoms. The number of aryl methyl sites for hydroxylation is 1. The molecule has 2 rings (SSSR count). The number of nitrogens with zero attached hydrogens (tertiary/aromatic N) is 3. The Labute approximate surface area is 150 Å². The van der Waals surface area contributed by atoms with Crippen molar-refractivity contribution in [2.24, 2.45) is 5.10 Å². The first-order chi connectivity index (χ1) is 12.5. The highest BCUT2D eigenvalue weighted by molar-refractivity contribution is 5.85. The Hall–Kier alpha value is -3.44. The fourth-order valence-corrected chi connectivity index (χ4v) is 2.14. The summed E-state index contributed by atoms with van der Waals surface area (Å²) in [6.07, 6.45) is 1.32. The summed E-state index contributed by atoms with van der Waals surface area (Å²) < 4.78 is 10.4. The van der Waals surface area contributed by atoms with Crippen molar-refractivity contribution < 1.29 is 19.4 Å². The Morgan fingerprint density at radius 3 is 2.92 bits per heavy atom. The lowest BCUT2D eigenvalue weighted by Gasteiger charge is -2.10. The molecular weight excluding hydrogens is 336 g/mol. The number of para-hydroxylation sites is 1. The molecule has 0 unspecified atom stereocenters. The van der Waals surface area contributed by atoms with Crippen LogP contribution >= 0.6 is 0 Å². The smallest absolute Gasteiger partial charge is 0.278 e. The molecule has 2 aromatic rings. The highest BCUT2D eigenvalue weighted by Crippen LogP contribution is 2.21. The van der Waals surface area contributed by atoms with Gasteiger partial charge in [0.15, 0.2) is 6.61 Å². The van der Waals surface area contributed by atoms with E-state index in [9.17, 15) is 15.2 Å². The number of aromatic hydroxyl groups is 1. The molecule has 1 aromatic heterocycles. The minimum atomic E-state index is -0.530. The third-order valence-electron chi connectivity index (χ3n) is 3.28. The number of nitriles is 1. The number of hydrazone groups is 1. The monoisotopic (exact) mass is 354 g/mol. The number of aromatic nitrogens is 1. The van der Waals surface area contributed by atoms with Crippen LogP contribution in [0.5, 0.6) is 11.6 Å². The second-order valence-corrected chi connectivity index (χ2v) is 5.29. The molecule has 134 valence electrons. The predicted octanol–water partition coefficient (Wildman–Crippen LogP) is 1.64. The van der Waals surface area contributed by atoms with Crippen molar-refractivity contribution in [1.82, 2.24) is 10.4 Å². The van der Waals surface area contributed by atoms with Crippen molar-refractivity contribution in [2.75, 3.05) is 13.7 Å². The molecule has 0 radical (unpaired) electrons. The first-order valence-corrected chi connectivity index (χ1v) is 7.67. The number of hydrogen-bond acceptors (Lipinski definition) is 7. The van der Waals surface area contributed by atoms with Crippen molar-refractivity contribution in [1.29, 1.82) is 5.26 Å². The van der Waals surface area contributed by atoms with E-state index in [0.29, 0.717) is 16.8 Å². The SMILES string of the molecule is COCc1cc(C)nc(OCC(=O)N/N=C/c2ccccc2O)c1C#N. The maximum atomic E-state index is 11.8. The molecule has 0 bridgehead atoms. The van der Waals surface area contributed by atoms with E-state index in [-0.39, 0.29) is 30.4 Å². The van der Waals surface area contributed by atoms with Gasteiger partial charge in [0.2, 0.25) is 5.88 Å². The van der Waals surface area contributed by atoms with Crippen LogP contribution in [0.4, 0.5) is 0 Å². The zero-order valence-corrected chi connectivity index (χ0v) is 14.4. The Bertz CT molecular complexity index is 859. The summed E-state index contributed by atoms with van der Waals surface area (Å²) in [7, 11) is 1.52. The Kier molecular flexibility index (Phi) is 6.65. The maximum absolute atomic E-state index is 11.8. The van der Waals surface area contributed by atoms with Gasteiger partial charge in [-0.15, -0.1) is 0 Å². The summed E-state index contributed by atoms with van der Waals surface area (Å²) in [6, 6.07) is 10.3. The van der Waals surface area contributed by atoms with Crippen LogP contribution in [0.1, 0.15) is 22.4 Å². The molecule has 0 aliphatic heterocycles. The molecule has 0 spiro atoms. The van der Waals surface area contributed by atoms with E-state index in [1.807, 2.05) is 6.07 Å². The van der Waals surface area contributed by atoms with Crippen LogP contribution in [0.3, 0.4) is 0 Å². The molecule has 0 aliphatic carbocycles. The van der Waals surface area contributed by atoms with Gasteiger partial charge in [-0.3, -0.25) is 4.79 Å². The summed E-state index contributed by atoms with van der Waals surface area (Å²) in [5, 5.41) is 22.7. The van der Waals surface area contributed by atoms with Gasteiger partial charge in [0.1, 0.15) is 17.4 Å². The number of carbonyl (C=O) groups is 1. The number of ether oxygens (including phenoxy) is 2. The van der Waals surface area contributed by atoms with Crippen LogP contribution in [0, 0.1) is 18.3 Å². The van der Waals surface area contributed by atoms with Crippen LogP contribution in [-0.2, 0) is 16.1 Å². The van der Waals surface area contributed by atoms with Gasteiger partial charge in [-0.05, 0) is 25.1 Å². The zero-order valence-electron chi connectivity index (χ0n) is 14.4. The largest absolute Gasteiger partial charge is 0.507 e. The van der Waals surface area contributed by atoms with Crippen molar-refractivity contribution in [3.05, 3.63) is 52.7 Å². The van der Waals surface area contributed by atoms with Crippen molar-refractivity contribution >= 4 is 12.1 Å². The number of hydrogen-bond donors (Lipinski definition) is 2. The Morgan fingerprint density at radius 1 is 1.46 bits per heavy atom. The molecule has 0 aliphatic rings. The third kappa shape index (κ3) is 5.03. The summed E-state index contributed by atoms with van der Waals surface area (Å²) in [5.41, 5.74) is 4.24. The maximum Gasteiger partial charge on any atom is 0.278 e. The molecule has 1 amide bonds. The minimum Gasteiger partial charge on any atom is -0.507 e. The van der Waals surface area contributed by atoms with Crippen molar-refractivity contribution in [3.63, 3.8) is 0 Å². The molecule has 8 nitrogen and oxygen atoms in total. The number of pyridine rings is 1. The number of phenolic OH excluding ortho intramolecular Hbond substituents is 1. The summed E-state index contributed by atoms with van der Waals surface area (Å²) in [6.45, 7) is 1.62. The van der Waals surface area contributed by atoms with Crippen LogP contribution < -0.4 is 10.2 Å². The zero-order chi connectivity index (χ0) is 18.9. The highest BCUT2D eigenvalue weighted by atomic mass is 16.5. The number of phenols is 1. The van der Waals surface area contributed by atoms with E-state index in [1.54, 1.807) is 31.2 Å². The van der Waals surface area contributed by atoms with E-state index in [4.69, 9.17) is 9.47 Å². The van der Waals surface area contributed by atoms with Gasteiger partial charge in [-0.25, -0.2) is 10.4 Å². The lowest BCUT2D eigenvalue weighted by molar-refractivity contribution is -0.123. The number of methoxy groups -OCH3 is 1. The number of nitrogens with one attached hydrogen (secondary N) is 1. The van der Waals surface area contributed by atoms with E-state index in [2.05, 4.69) is 15.5 Å². The first kappa shape index (κ1) is 18.9. The number of benzene rings is 1. The molecule has 0 saturated carbocycles. The van der Waals surface area contributed by atoms with Gasteiger partial charge in [-0.2, -0.15) is 10.4 Å². The molecule has 2 N–H and O–H groups in total. The molecule has 1 heterocycles. The molecule has 26 heavy (non-hydrogen) atoms. The van der Waals surface area contributed by atoms with E-state index in [0.717, 1.165) is 0 Å². The fourth-order valence-electron chi connectivity index (χ4n) is 2.14. The summed E-state index contributed by atoms with van der Waals surface area (Å²) in [4.78, 5) is 16.0. The molecular formula is C18H18N4O4. The Morgan fingerprint density at radius 2 is 2.23 bits per heavy atom. The van der Waals surface area contributed by atoms with Gasteiger partial charge in [0, 0.05) is 23.9 Å². The van der Waals surface area contributed by atoms with Crippen LogP contribution in [0.2, 0.25) is 0 Å². The molecule has 0 atom stereocenters. The van der Waals surface area contributed by atoms with E-state index < -0.39 is 5.91 Å². The lowest BCUT2D eigenvalue weighted by Crippen LogP contribution is -2.25. The van der Waals surface area contributed by atoms with E-state index in [1.165, 1.54) is 19.4 Å². The van der Waals surface area contributed by atoms with Gasteiger partial charge in [-0.1, -0.05) is 12.1 Å². The lowest BCUT2D eigenvalue weighted by atomic mass is 10.1. The van der Waals surface area contributed by atoms with Gasteiger partial charge < -0.3 is 14.6 Å². The van der Waals surface area contributed by atoms with E-state index >= 15 is 0 Å². The fraction of sp³-hybridized carbons (Fsp3) is 0.222. The topological polar surface area (TPSA) is 117 Å². The minimum absolute atomic E-state index is 0.0510. The normalized spacial score (nSPS) is 10.5. The first-order valence-electron chi connectivity index (χ1n) is 7.67. The summed E-state index contributed by atoms with van der Waals surface area (Å²) >= 11 is 0. The van der Waals surface area contributed by atoms with Gasteiger partial charge >= 0.3 is 0 Å². The average molecular weight is 354 g/mol. The van der Waals surface area contributed by atoms with Crippen LogP contribution in [0.25, 0.3) is 0 Å². The second-order valence-electron chi connectivity index (χ2n) is 5.29. The molecule has 1 aromatic carbocycles. The number of rotatable bonds is 7. The molecule has 0 fully saturated rings. The molecule has 0 saturated heterocycles. The number of carbonyl (C=O) groups excluding carboxylic acids is 1. The summed E-state index contributed by atoms with van der Waals surface area (Å²) in [5.74, 6) is -0.411. The standard InChI is InChI=1S/C18H18N4O4/c1-12-7-14(10-25-2)15(8-19)18(21-12)26-11-17(24)22-20-9-13-5-3-4-6-16(13)23/h3-7,9,23H,10-11H2,1-2H3,(H,22,24)/b20-9+. The quantitative estimate of drug-likeness (QED) is 0.577. The average Bonchev–Trinajstić information content (AvgIpc) is 2.61. The highest BCUT2D eigenvalue weighted by Gasteiger charge is 2.14. The van der Waals surface area contributed by atoms with Gasteiger partial charge in [0.05, 0.1) is 12.8 Å². The van der Waals surface area contributed by atoms with Crippen molar-refractivity contribution in [2.45, 2.75) is 13.5 Å². The van der Waals surface area contributed by atoms with Crippen LogP contribution in [-0.4, -0.2) is 35.9 Å². The Balaban J connectivity index is 1.99.